The zero-order chi connectivity index (χ0) is 13.0. The van der Waals surface area contributed by atoms with Gasteiger partial charge in [-0.15, -0.1) is 0 Å². The minimum absolute atomic E-state index is 0.144. The number of carboxylic acids is 1. The van der Waals surface area contributed by atoms with Crippen molar-refractivity contribution in [2.45, 2.75) is 45.7 Å². The van der Waals surface area contributed by atoms with Gasteiger partial charge in [-0.25, -0.2) is 0 Å². The lowest BCUT2D eigenvalue weighted by Gasteiger charge is -2.13. The van der Waals surface area contributed by atoms with Gasteiger partial charge in [-0.1, -0.05) is 56.8 Å². The van der Waals surface area contributed by atoms with Gasteiger partial charge < -0.3 is 5.11 Å². The van der Waals surface area contributed by atoms with E-state index in [1.165, 1.54) is 0 Å². The highest BCUT2D eigenvalue weighted by atomic mass is 28.3. The molecule has 0 saturated carbocycles. The fourth-order valence-electron chi connectivity index (χ4n) is 1.25. The minimum atomic E-state index is -1.34. The average molecular weight is 256 g/mol. The number of carbonyl (C=O) groups is 1. The first-order valence-electron chi connectivity index (χ1n) is 5.62. The molecule has 16 heavy (non-hydrogen) atoms. The van der Waals surface area contributed by atoms with E-state index in [0.717, 1.165) is 5.57 Å². The van der Waals surface area contributed by atoms with Gasteiger partial charge >= 0.3 is 5.97 Å². The lowest BCUT2D eigenvalue weighted by Crippen LogP contribution is -2.18. The first-order valence-corrected chi connectivity index (χ1v) is 12.8. The molecule has 0 aromatic carbocycles. The molecule has 0 spiro atoms. The molecular formula is C12H24O2Si2. The van der Waals surface area contributed by atoms with Gasteiger partial charge in [0.25, 0.3) is 0 Å². The van der Waals surface area contributed by atoms with Gasteiger partial charge in [0.05, 0.1) is 22.6 Å². The molecule has 0 amide bonds. The number of hydrogen-bond acceptors (Lipinski definition) is 1. The zero-order valence-corrected chi connectivity index (χ0v) is 13.3. The maximum Gasteiger partial charge on any atom is 0.307 e. The number of allylic oxidation sites excluding steroid dienone is 1. The van der Waals surface area contributed by atoms with Gasteiger partial charge in [-0.3, -0.25) is 4.79 Å². The van der Waals surface area contributed by atoms with E-state index in [-0.39, 0.29) is 6.42 Å². The van der Waals surface area contributed by atoms with Crippen molar-refractivity contribution in [1.82, 2.24) is 0 Å². The Labute approximate surface area is 101 Å². The molecule has 0 heterocycles. The predicted octanol–water partition coefficient (Wildman–Crippen LogP) is 3.70. The fourth-order valence-corrected chi connectivity index (χ4v) is 3.27. The molecule has 0 bridgehead atoms. The van der Waals surface area contributed by atoms with Gasteiger partial charge in [0.2, 0.25) is 0 Å². The third-order valence-corrected chi connectivity index (χ3v) is 4.17. The summed E-state index contributed by atoms with van der Waals surface area (Å²) < 4.78 is 0. The van der Waals surface area contributed by atoms with Crippen molar-refractivity contribution in [3.05, 3.63) is 23.0 Å². The van der Waals surface area contributed by atoms with Crippen molar-refractivity contribution in [3.8, 4) is 0 Å². The summed E-state index contributed by atoms with van der Waals surface area (Å²) in [5.41, 5.74) is 5.36. The van der Waals surface area contributed by atoms with E-state index in [4.69, 9.17) is 5.11 Å². The van der Waals surface area contributed by atoms with Crippen molar-refractivity contribution >= 4 is 22.1 Å². The van der Waals surface area contributed by atoms with Crippen LogP contribution in [-0.4, -0.2) is 27.2 Å². The zero-order valence-electron chi connectivity index (χ0n) is 11.3. The number of hydrogen-bond donors (Lipinski definition) is 1. The molecule has 2 nitrogen and oxygen atoms in total. The molecule has 0 atom stereocenters. The monoisotopic (exact) mass is 256 g/mol. The highest BCUT2D eigenvalue weighted by Gasteiger charge is 2.13. The van der Waals surface area contributed by atoms with Crippen LogP contribution in [0.25, 0.3) is 0 Å². The first kappa shape index (κ1) is 15.4. The highest BCUT2D eigenvalue weighted by Crippen LogP contribution is 2.13. The Morgan fingerprint density at radius 3 is 1.88 bits per heavy atom. The van der Waals surface area contributed by atoms with Crippen molar-refractivity contribution in [3.63, 3.8) is 0 Å². The second kappa shape index (κ2) is 5.63. The van der Waals surface area contributed by atoms with E-state index in [2.05, 4.69) is 50.7 Å². The Bertz CT molecular complexity index is 304. The third-order valence-electron chi connectivity index (χ3n) is 1.77. The molecule has 0 fully saturated rings. The van der Waals surface area contributed by atoms with Crippen LogP contribution in [-0.2, 0) is 4.79 Å². The molecular weight excluding hydrogens is 232 g/mol. The van der Waals surface area contributed by atoms with Crippen LogP contribution in [0.4, 0.5) is 0 Å². The summed E-state index contributed by atoms with van der Waals surface area (Å²) >= 11 is 0. The maximum absolute atomic E-state index is 10.8. The summed E-state index contributed by atoms with van der Waals surface area (Å²) in [4.78, 5) is 10.8. The van der Waals surface area contributed by atoms with E-state index in [0.29, 0.717) is 0 Å². The van der Waals surface area contributed by atoms with E-state index >= 15 is 0 Å². The van der Waals surface area contributed by atoms with Crippen LogP contribution in [0.5, 0.6) is 0 Å². The van der Waals surface area contributed by atoms with Gasteiger partial charge in [-0.2, -0.15) is 0 Å². The van der Waals surface area contributed by atoms with Gasteiger partial charge in [-0.05, 0) is 5.57 Å². The number of rotatable bonds is 5. The Balaban J connectivity index is 4.91. The summed E-state index contributed by atoms with van der Waals surface area (Å²) in [6.07, 6.45) is 2.17. The van der Waals surface area contributed by atoms with Crippen molar-refractivity contribution < 1.29 is 9.90 Å². The lowest BCUT2D eigenvalue weighted by molar-refractivity contribution is -0.136. The molecule has 0 saturated heterocycles. The van der Waals surface area contributed by atoms with E-state index in [1.54, 1.807) is 0 Å². The molecule has 92 valence electrons. The average Bonchev–Trinajstić information content (AvgIpc) is 1.94. The van der Waals surface area contributed by atoms with Crippen molar-refractivity contribution in [2.24, 2.45) is 0 Å². The summed E-state index contributed by atoms with van der Waals surface area (Å²) in [6.45, 7) is 13.4. The van der Waals surface area contributed by atoms with Crippen molar-refractivity contribution in [1.29, 1.82) is 0 Å². The van der Waals surface area contributed by atoms with Gasteiger partial charge in [0.15, 0.2) is 0 Å². The molecule has 0 radical (unpaired) electrons. The Kier molecular flexibility index (Phi) is 5.42. The van der Waals surface area contributed by atoms with E-state index in [1.807, 2.05) is 6.08 Å². The highest BCUT2D eigenvalue weighted by molar-refractivity contribution is 6.81. The molecule has 0 aliphatic heterocycles. The summed E-state index contributed by atoms with van der Waals surface area (Å²) in [7, 11) is -2.59. The Hall–Kier alpha value is -0.616. The SMILES string of the molecule is C[Si](C)(C)/C=C(\C=C\[Si](C)(C)C)CC(=O)O. The van der Waals surface area contributed by atoms with Crippen LogP contribution in [0.2, 0.25) is 39.3 Å². The quantitative estimate of drug-likeness (QED) is 0.601. The summed E-state index contributed by atoms with van der Waals surface area (Å²) in [5.74, 6) is -0.746. The molecule has 4 heteroatoms. The molecule has 0 rings (SSSR count). The molecule has 0 aromatic heterocycles. The Morgan fingerprint density at radius 2 is 1.56 bits per heavy atom. The van der Waals surface area contributed by atoms with Crippen LogP contribution >= 0.6 is 0 Å². The smallest absolute Gasteiger partial charge is 0.307 e. The molecule has 0 aromatic rings. The van der Waals surface area contributed by atoms with E-state index in [9.17, 15) is 4.79 Å². The van der Waals surface area contributed by atoms with Crippen LogP contribution in [0.15, 0.2) is 23.0 Å². The molecule has 0 unspecified atom stereocenters. The van der Waals surface area contributed by atoms with Crippen LogP contribution < -0.4 is 0 Å². The van der Waals surface area contributed by atoms with Crippen molar-refractivity contribution in [2.75, 3.05) is 0 Å². The fraction of sp³-hybridized carbons (Fsp3) is 0.583. The number of carboxylic acid groups (broad SMARTS) is 1. The minimum Gasteiger partial charge on any atom is -0.481 e. The standard InChI is InChI=1S/C12H24O2Si2/c1-15(2,3)8-7-11(9-12(13)14)10-16(4,5)6/h7-8,10H,9H2,1-6H3,(H,13,14)/b8-7+,11-10+. The maximum atomic E-state index is 10.8. The predicted molar refractivity (Wildman–Crippen MR) is 76.2 cm³/mol. The van der Waals surface area contributed by atoms with Crippen LogP contribution in [0, 0.1) is 0 Å². The topological polar surface area (TPSA) is 37.3 Å². The Morgan fingerprint density at radius 1 is 1.06 bits per heavy atom. The second-order valence-electron chi connectivity index (χ2n) is 6.36. The number of aliphatic carboxylic acids is 1. The van der Waals surface area contributed by atoms with Crippen LogP contribution in [0.1, 0.15) is 6.42 Å². The largest absolute Gasteiger partial charge is 0.481 e. The van der Waals surface area contributed by atoms with Crippen LogP contribution in [0.3, 0.4) is 0 Å². The lowest BCUT2D eigenvalue weighted by atomic mass is 10.2. The third kappa shape index (κ3) is 9.92. The second-order valence-corrected chi connectivity index (χ2v) is 16.4. The first-order chi connectivity index (χ1) is 6.99. The van der Waals surface area contributed by atoms with Gasteiger partial charge in [0, 0.05) is 0 Å². The molecule has 0 aliphatic rings. The molecule has 1 N–H and O–H groups in total. The summed E-state index contributed by atoms with van der Waals surface area (Å²) in [5, 5.41) is 8.86. The summed E-state index contributed by atoms with van der Waals surface area (Å²) in [6, 6.07) is 0. The molecule has 0 aliphatic carbocycles. The van der Waals surface area contributed by atoms with Gasteiger partial charge in [0.1, 0.15) is 0 Å². The normalized spacial score (nSPS) is 14.5. The van der Waals surface area contributed by atoms with E-state index < -0.39 is 22.1 Å².